The Morgan fingerprint density at radius 3 is 1.25 bits per heavy atom. The van der Waals surface area contributed by atoms with Gasteiger partial charge in [-0.2, -0.15) is 0 Å². The van der Waals surface area contributed by atoms with Gasteiger partial charge in [0.15, 0.2) is 6.10 Å². The van der Waals surface area contributed by atoms with Crippen LogP contribution in [-0.2, 0) is 42.9 Å². The van der Waals surface area contributed by atoms with Crippen LogP contribution in [0.5, 0.6) is 0 Å². The standard InChI is InChI=1S/C66H116O9/c1-6-8-10-12-14-16-18-20-22-24-26-30-34-38-61(68)72-51-56(52-73-62(69)39-35-31-27-25-23-21-19-17-15-13-11-9-7-2)75-64(71)41-37-33-29-28-32-36-40-63(70)74-55-46-48-65(4)54(50-55)42-43-57-59-45-44-58(53(3)67)66(59,5)49-47-60(57)65/h54-60H,6-52H2,1-5H3/t54-,55-,57+,58-,59+,60+,65+,66-/m1/s1. The Morgan fingerprint density at radius 1 is 0.427 bits per heavy atom. The first-order valence-electron chi connectivity index (χ1n) is 32.6. The van der Waals surface area contributed by atoms with E-state index < -0.39 is 6.10 Å². The molecule has 4 fully saturated rings. The summed E-state index contributed by atoms with van der Waals surface area (Å²) in [4.78, 5) is 64.0. The minimum atomic E-state index is -0.820. The minimum Gasteiger partial charge on any atom is -0.462 e. The van der Waals surface area contributed by atoms with Gasteiger partial charge in [0.1, 0.15) is 25.1 Å². The van der Waals surface area contributed by atoms with Crippen LogP contribution >= 0.6 is 0 Å². The zero-order valence-electron chi connectivity index (χ0n) is 49.4. The molecule has 4 saturated carbocycles. The van der Waals surface area contributed by atoms with Gasteiger partial charge in [-0.15, -0.1) is 0 Å². The van der Waals surface area contributed by atoms with Gasteiger partial charge >= 0.3 is 23.9 Å². The molecule has 0 N–H and O–H groups in total. The molecule has 0 aromatic heterocycles. The summed E-state index contributed by atoms with van der Waals surface area (Å²) in [6.07, 6.45) is 48.5. The Labute approximate surface area is 460 Å². The van der Waals surface area contributed by atoms with Crippen LogP contribution in [0.15, 0.2) is 0 Å². The zero-order valence-corrected chi connectivity index (χ0v) is 49.4. The van der Waals surface area contributed by atoms with Crippen LogP contribution in [0.1, 0.15) is 324 Å². The summed E-state index contributed by atoms with van der Waals surface area (Å²) in [6, 6.07) is 0. The van der Waals surface area contributed by atoms with Gasteiger partial charge in [-0.05, 0) is 125 Å². The third kappa shape index (κ3) is 24.6. The van der Waals surface area contributed by atoms with Crippen molar-refractivity contribution in [3.63, 3.8) is 0 Å². The number of hydrogen-bond donors (Lipinski definition) is 0. The zero-order chi connectivity index (χ0) is 54.0. The van der Waals surface area contributed by atoms with E-state index in [4.69, 9.17) is 18.9 Å². The molecule has 0 bridgehead atoms. The molecule has 0 spiro atoms. The van der Waals surface area contributed by atoms with Crippen molar-refractivity contribution in [3.8, 4) is 0 Å². The third-order valence-electron chi connectivity index (χ3n) is 19.5. The van der Waals surface area contributed by atoms with Crippen molar-refractivity contribution in [3.05, 3.63) is 0 Å². The molecule has 0 heterocycles. The molecule has 4 aliphatic rings. The van der Waals surface area contributed by atoms with Crippen molar-refractivity contribution < 1.29 is 42.9 Å². The molecule has 9 nitrogen and oxygen atoms in total. The molecule has 0 saturated heterocycles. The van der Waals surface area contributed by atoms with Crippen LogP contribution in [0.2, 0.25) is 0 Å². The Balaban J connectivity index is 1.05. The minimum absolute atomic E-state index is 0.0378. The van der Waals surface area contributed by atoms with E-state index in [2.05, 4.69) is 27.7 Å². The molecule has 9 heteroatoms. The molecule has 434 valence electrons. The molecule has 4 rings (SSSR count). The normalized spacial score (nSPS) is 25.0. The Hall–Kier alpha value is -2.45. The van der Waals surface area contributed by atoms with Gasteiger partial charge in [0.05, 0.1) is 0 Å². The van der Waals surface area contributed by atoms with Gasteiger partial charge in [-0.1, -0.05) is 207 Å². The van der Waals surface area contributed by atoms with Crippen LogP contribution in [-0.4, -0.2) is 55.1 Å². The summed E-state index contributed by atoms with van der Waals surface area (Å²) >= 11 is 0. The molecule has 0 unspecified atom stereocenters. The van der Waals surface area contributed by atoms with E-state index in [9.17, 15) is 24.0 Å². The summed E-state index contributed by atoms with van der Waals surface area (Å²) in [7, 11) is 0. The summed E-state index contributed by atoms with van der Waals surface area (Å²) in [6.45, 7) is 11.1. The molecular weight excluding hydrogens is 937 g/mol. The van der Waals surface area contributed by atoms with Crippen LogP contribution < -0.4 is 0 Å². The first-order chi connectivity index (χ1) is 36.4. The highest BCUT2D eigenvalue weighted by Gasteiger charge is 2.61. The summed E-state index contributed by atoms with van der Waals surface area (Å²) in [5, 5.41) is 0. The lowest BCUT2D eigenvalue weighted by Crippen LogP contribution is -2.54. The topological polar surface area (TPSA) is 122 Å². The maximum Gasteiger partial charge on any atom is 0.306 e. The average molecular weight is 1050 g/mol. The van der Waals surface area contributed by atoms with E-state index in [-0.39, 0.29) is 60.9 Å². The van der Waals surface area contributed by atoms with Crippen molar-refractivity contribution >= 4 is 29.7 Å². The van der Waals surface area contributed by atoms with E-state index >= 15 is 0 Å². The number of ether oxygens (including phenoxy) is 4. The number of unbranched alkanes of at least 4 members (excludes halogenated alkanes) is 29. The summed E-state index contributed by atoms with van der Waals surface area (Å²) in [5.74, 6) is 2.42. The number of carbonyl (C=O) groups is 5. The van der Waals surface area contributed by atoms with Crippen LogP contribution in [0.3, 0.4) is 0 Å². The fourth-order valence-corrected chi connectivity index (χ4v) is 14.9. The lowest BCUT2D eigenvalue weighted by Gasteiger charge is -2.61. The number of Topliss-reactive ketones (excluding diaryl/α,β-unsaturated/α-hetero) is 1. The van der Waals surface area contributed by atoms with E-state index in [0.29, 0.717) is 48.7 Å². The Bertz CT molecular complexity index is 1530. The molecule has 8 atom stereocenters. The van der Waals surface area contributed by atoms with E-state index in [1.165, 1.54) is 161 Å². The maximum atomic E-state index is 13.0. The SMILES string of the molecule is CCCCCCCCCCCCCCCC(=O)OCC(COC(=O)CCCCCCCCCCCCCCC)OC(=O)CCCCCCCCC(=O)O[C@@H]1CC[C@@]2(C)[C@H](CC[C@@H]3[C@@H]2CC[C@]2(C)[C@@H](C(C)=O)CC[C@@H]32)C1. The van der Waals surface area contributed by atoms with Gasteiger partial charge in [-0.3, -0.25) is 24.0 Å². The van der Waals surface area contributed by atoms with Crippen molar-refractivity contribution in [1.29, 1.82) is 0 Å². The van der Waals surface area contributed by atoms with E-state index in [0.717, 1.165) is 108 Å². The third-order valence-corrected chi connectivity index (χ3v) is 19.5. The second-order valence-corrected chi connectivity index (χ2v) is 25.4. The number of esters is 4. The first kappa shape index (κ1) is 65.1. The quantitative estimate of drug-likeness (QED) is 0.0333. The van der Waals surface area contributed by atoms with Gasteiger partial charge in [0.25, 0.3) is 0 Å². The van der Waals surface area contributed by atoms with Crippen molar-refractivity contribution in [1.82, 2.24) is 0 Å². The highest BCUT2D eigenvalue weighted by atomic mass is 16.6. The lowest BCUT2D eigenvalue weighted by atomic mass is 9.44. The monoisotopic (exact) mass is 1050 g/mol. The predicted molar refractivity (Wildman–Crippen MR) is 305 cm³/mol. The van der Waals surface area contributed by atoms with Crippen molar-refractivity contribution in [2.75, 3.05) is 13.2 Å². The van der Waals surface area contributed by atoms with Crippen LogP contribution in [0.4, 0.5) is 0 Å². The summed E-state index contributed by atoms with van der Waals surface area (Å²) in [5.41, 5.74) is 0.511. The second-order valence-electron chi connectivity index (χ2n) is 25.4. The van der Waals surface area contributed by atoms with Crippen LogP contribution in [0.25, 0.3) is 0 Å². The second kappa shape index (κ2) is 38.2. The fourth-order valence-electron chi connectivity index (χ4n) is 14.9. The number of fused-ring (bicyclic) bond motifs is 5. The molecule has 0 aliphatic heterocycles. The highest BCUT2D eigenvalue weighted by Crippen LogP contribution is 2.67. The van der Waals surface area contributed by atoms with Gasteiger partial charge < -0.3 is 18.9 Å². The molecule has 0 amide bonds. The average Bonchev–Trinajstić information content (AvgIpc) is 3.76. The predicted octanol–water partition coefficient (Wildman–Crippen LogP) is 18.2. The van der Waals surface area contributed by atoms with Gasteiger partial charge in [-0.25, -0.2) is 0 Å². The largest absolute Gasteiger partial charge is 0.462 e. The molecular formula is C66H116O9. The van der Waals surface area contributed by atoms with E-state index in [1.54, 1.807) is 0 Å². The molecule has 4 aliphatic carbocycles. The number of carbonyl (C=O) groups excluding carboxylic acids is 5. The maximum absolute atomic E-state index is 13.0. The van der Waals surface area contributed by atoms with Crippen molar-refractivity contribution in [2.45, 2.75) is 336 Å². The Morgan fingerprint density at radius 2 is 0.813 bits per heavy atom. The molecule has 0 aromatic rings. The molecule has 75 heavy (non-hydrogen) atoms. The Kier molecular flexibility index (Phi) is 33.1. The van der Waals surface area contributed by atoms with Crippen molar-refractivity contribution in [2.24, 2.45) is 40.4 Å². The summed E-state index contributed by atoms with van der Waals surface area (Å²) < 4.78 is 23.1. The molecule has 0 radical (unpaired) electrons. The number of rotatable bonds is 44. The first-order valence-corrected chi connectivity index (χ1v) is 32.6. The van der Waals surface area contributed by atoms with E-state index in [1.807, 2.05) is 6.92 Å². The smallest absolute Gasteiger partial charge is 0.306 e. The fraction of sp³-hybridized carbons (Fsp3) is 0.924. The number of hydrogen-bond acceptors (Lipinski definition) is 9. The van der Waals surface area contributed by atoms with Gasteiger partial charge in [0, 0.05) is 31.6 Å². The van der Waals surface area contributed by atoms with Gasteiger partial charge in [0.2, 0.25) is 0 Å². The lowest BCUT2D eigenvalue weighted by molar-refractivity contribution is -0.167. The highest BCUT2D eigenvalue weighted by molar-refractivity contribution is 5.79. The molecule has 0 aromatic carbocycles. The van der Waals surface area contributed by atoms with Crippen LogP contribution in [0, 0.1) is 40.4 Å². The number of ketones is 1.